The molecule has 18 heavy (non-hydrogen) atoms. The summed E-state index contributed by atoms with van der Waals surface area (Å²) in [6.45, 7) is 0. The standard InChI is InChI=1S/C15H20O2S/c1-17-14(16)15(11-7-2-3-8-12-15)18-13-9-5-4-6-10-13/h4-6,9-10H,2-3,7-8,11-12H2,1H3. The largest absolute Gasteiger partial charge is 0.468 e. The molecule has 0 amide bonds. The Morgan fingerprint density at radius 3 is 2.28 bits per heavy atom. The highest BCUT2D eigenvalue weighted by atomic mass is 32.2. The van der Waals surface area contributed by atoms with Crippen LogP contribution in [0.1, 0.15) is 38.5 Å². The number of hydrogen-bond acceptors (Lipinski definition) is 3. The van der Waals surface area contributed by atoms with Crippen molar-refractivity contribution in [2.24, 2.45) is 0 Å². The molecule has 0 aliphatic heterocycles. The minimum absolute atomic E-state index is 0.0572. The van der Waals surface area contributed by atoms with Gasteiger partial charge < -0.3 is 4.74 Å². The number of carbonyl (C=O) groups excluding carboxylic acids is 1. The van der Waals surface area contributed by atoms with E-state index in [1.165, 1.54) is 20.0 Å². The second-order valence-electron chi connectivity index (χ2n) is 4.82. The zero-order valence-electron chi connectivity index (χ0n) is 10.9. The number of esters is 1. The normalized spacial score (nSPS) is 18.9. The van der Waals surface area contributed by atoms with Crippen LogP contribution in [0.5, 0.6) is 0 Å². The zero-order valence-corrected chi connectivity index (χ0v) is 11.7. The maximum atomic E-state index is 12.2. The summed E-state index contributed by atoms with van der Waals surface area (Å²) in [7, 11) is 1.50. The molecule has 0 atom stereocenters. The Balaban J connectivity index is 2.21. The lowest BCUT2D eigenvalue weighted by atomic mass is 9.99. The van der Waals surface area contributed by atoms with Gasteiger partial charge in [-0.05, 0) is 25.0 Å². The maximum absolute atomic E-state index is 12.2. The highest BCUT2D eigenvalue weighted by molar-refractivity contribution is 8.01. The molecule has 0 N–H and O–H groups in total. The van der Waals surface area contributed by atoms with Crippen LogP contribution in [0, 0.1) is 0 Å². The van der Waals surface area contributed by atoms with E-state index in [1.807, 2.05) is 18.2 Å². The van der Waals surface area contributed by atoms with Gasteiger partial charge in [0.2, 0.25) is 0 Å². The molecule has 0 saturated heterocycles. The molecule has 98 valence electrons. The zero-order chi connectivity index (χ0) is 12.8. The average Bonchev–Trinajstić information content (AvgIpc) is 2.65. The molecule has 0 heterocycles. The maximum Gasteiger partial charge on any atom is 0.322 e. The van der Waals surface area contributed by atoms with E-state index in [0.717, 1.165) is 30.6 Å². The Morgan fingerprint density at radius 1 is 1.11 bits per heavy atom. The van der Waals surface area contributed by atoms with E-state index in [1.54, 1.807) is 11.8 Å². The van der Waals surface area contributed by atoms with Gasteiger partial charge in [0.05, 0.1) is 7.11 Å². The first-order valence-corrected chi connectivity index (χ1v) is 7.41. The van der Waals surface area contributed by atoms with Crippen LogP contribution in [0.25, 0.3) is 0 Å². The van der Waals surface area contributed by atoms with E-state index in [4.69, 9.17) is 4.74 Å². The van der Waals surface area contributed by atoms with Crippen LogP contribution >= 0.6 is 11.8 Å². The third-order valence-corrected chi connectivity index (χ3v) is 5.00. The molecule has 3 heteroatoms. The van der Waals surface area contributed by atoms with E-state index in [-0.39, 0.29) is 10.7 Å². The molecule has 1 aromatic carbocycles. The Kier molecular flexibility index (Phi) is 4.70. The Hall–Kier alpha value is -0.960. The van der Waals surface area contributed by atoms with Crippen molar-refractivity contribution >= 4 is 17.7 Å². The molecule has 1 aromatic rings. The van der Waals surface area contributed by atoms with Crippen molar-refractivity contribution in [3.63, 3.8) is 0 Å². The van der Waals surface area contributed by atoms with Gasteiger partial charge in [-0.2, -0.15) is 0 Å². The summed E-state index contributed by atoms with van der Waals surface area (Å²) in [5.74, 6) is -0.0572. The molecule has 1 aliphatic carbocycles. The van der Waals surface area contributed by atoms with Crippen LogP contribution in [-0.2, 0) is 9.53 Å². The summed E-state index contributed by atoms with van der Waals surface area (Å²) in [6.07, 6.45) is 6.56. The first kappa shape index (κ1) is 13.5. The van der Waals surface area contributed by atoms with Gasteiger partial charge in [0, 0.05) is 4.90 Å². The SMILES string of the molecule is COC(=O)C1(Sc2ccccc2)CCCCCC1. The van der Waals surface area contributed by atoms with Crippen LogP contribution in [0.4, 0.5) is 0 Å². The van der Waals surface area contributed by atoms with E-state index < -0.39 is 0 Å². The first-order valence-electron chi connectivity index (χ1n) is 6.59. The van der Waals surface area contributed by atoms with E-state index >= 15 is 0 Å². The van der Waals surface area contributed by atoms with Crippen molar-refractivity contribution in [1.29, 1.82) is 0 Å². The van der Waals surface area contributed by atoms with Gasteiger partial charge in [0.15, 0.2) is 0 Å². The minimum atomic E-state index is -0.368. The third kappa shape index (κ3) is 3.08. The van der Waals surface area contributed by atoms with Crippen molar-refractivity contribution in [1.82, 2.24) is 0 Å². The van der Waals surface area contributed by atoms with Gasteiger partial charge >= 0.3 is 5.97 Å². The van der Waals surface area contributed by atoms with Crippen LogP contribution in [0.3, 0.4) is 0 Å². The summed E-state index contributed by atoms with van der Waals surface area (Å²) in [4.78, 5) is 13.4. The number of benzene rings is 1. The number of methoxy groups -OCH3 is 1. The van der Waals surface area contributed by atoms with Crippen LogP contribution in [0.15, 0.2) is 35.2 Å². The summed E-state index contributed by atoms with van der Waals surface area (Å²) in [5, 5.41) is 0. The molecule has 0 radical (unpaired) electrons. The highest BCUT2D eigenvalue weighted by Gasteiger charge is 2.40. The van der Waals surface area contributed by atoms with Gasteiger partial charge in [-0.25, -0.2) is 0 Å². The predicted octanol–water partition coefficient (Wildman–Crippen LogP) is 4.04. The lowest BCUT2D eigenvalue weighted by Crippen LogP contribution is -2.35. The fraction of sp³-hybridized carbons (Fsp3) is 0.533. The highest BCUT2D eigenvalue weighted by Crippen LogP contribution is 2.43. The van der Waals surface area contributed by atoms with Gasteiger partial charge in [0.1, 0.15) is 4.75 Å². The topological polar surface area (TPSA) is 26.3 Å². The Morgan fingerprint density at radius 2 is 1.72 bits per heavy atom. The molecule has 0 bridgehead atoms. The molecule has 2 rings (SSSR count). The van der Waals surface area contributed by atoms with Gasteiger partial charge in [-0.15, -0.1) is 11.8 Å². The smallest absolute Gasteiger partial charge is 0.322 e. The molecule has 1 fully saturated rings. The first-order chi connectivity index (χ1) is 8.77. The lowest BCUT2D eigenvalue weighted by molar-refractivity contribution is -0.143. The number of carbonyl (C=O) groups is 1. The monoisotopic (exact) mass is 264 g/mol. The Labute approximate surface area is 113 Å². The number of hydrogen-bond donors (Lipinski definition) is 0. The van der Waals surface area contributed by atoms with Gasteiger partial charge in [0.25, 0.3) is 0 Å². The summed E-state index contributed by atoms with van der Waals surface area (Å²) in [6, 6.07) is 10.2. The van der Waals surface area contributed by atoms with Gasteiger partial charge in [-0.1, -0.05) is 43.9 Å². The van der Waals surface area contributed by atoms with E-state index in [9.17, 15) is 4.79 Å². The molecule has 0 unspecified atom stereocenters. The van der Waals surface area contributed by atoms with Crippen LogP contribution in [0.2, 0.25) is 0 Å². The average molecular weight is 264 g/mol. The van der Waals surface area contributed by atoms with Crippen molar-refractivity contribution in [3.8, 4) is 0 Å². The molecular formula is C15H20O2S. The van der Waals surface area contributed by atoms with E-state index in [2.05, 4.69) is 12.1 Å². The Bertz CT molecular complexity index is 381. The molecule has 1 aliphatic rings. The summed E-state index contributed by atoms with van der Waals surface area (Å²) < 4.78 is 4.69. The fourth-order valence-corrected chi connectivity index (χ4v) is 3.95. The van der Waals surface area contributed by atoms with Crippen molar-refractivity contribution in [3.05, 3.63) is 30.3 Å². The summed E-state index contributed by atoms with van der Waals surface area (Å²) in [5.41, 5.74) is 0. The second-order valence-corrected chi connectivity index (χ2v) is 6.27. The second kappa shape index (κ2) is 6.28. The predicted molar refractivity (Wildman–Crippen MR) is 74.7 cm³/mol. The van der Waals surface area contributed by atoms with Gasteiger partial charge in [-0.3, -0.25) is 4.79 Å². The summed E-state index contributed by atoms with van der Waals surface area (Å²) >= 11 is 1.68. The number of ether oxygens (including phenoxy) is 1. The van der Waals surface area contributed by atoms with Crippen molar-refractivity contribution in [2.45, 2.75) is 48.2 Å². The molecule has 0 spiro atoms. The molecule has 0 aromatic heterocycles. The van der Waals surface area contributed by atoms with E-state index in [0.29, 0.717) is 0 Å². The minimum Gasteiger partial charge on any atom is -0.468 e. The van der Waals surface area contributed by atoms with Crippen LogP contribution in [-0.4, -0.2) is 17.8 Å². The molecular weight excluding hydrogens is 244 g/mol. The number of thioether (sulfide) groups is 1. The molecule has 1 saturated carbocycles. The van der Waals surface area contributed by atoms with Crippen molar-refractivity contribution < 1.29 is 9.53 Å². The molecule has 2 nitrogen and oxygen atoms in total. The van der Waals surface area contributed by atoms with Crippen molar-refractivity contribution in [2.75, 3.05) is 7.11 Å². The van der Waals surface area contributed by atoms with Crippen LogP contribution < -0.4 is 0 Å². The third-order valence-electron chi connectivity index (χ3n) is 3.53. The quantitative estimate of drug-likeness (QED) is 0.608. The lowest BCUT2D eigenvalue weighted by Gasteiger charge is -2.29. The number of rotatable bonds is 3. The fourth-order valence-electron chi connectivity index (χ4n) is 2.55.